The monoisotopic (exact) mass is 331 g/mol. The summed E-state index contributed by atoms with van der Waals surface area (Å²) in [5.41, 5.74) is 2.12. The first-order valence-corrected chi connectivity index (χ1v) is 9.13. The number of piperidine rings is 1. The van der Waals surface area contributed by atoms with Gasteiger partial charge in [-0.25, -0.2) is 0 Å². The summed E-state index contributed by atoms with van der Waals surface area (Å²) in [5.74, 6) is 0.0435. The molecule has 2 heterocycles. The van der Waals surface area contributed by atoms with Crippen molar-refractivity contribution in [3.8, 4) is 0 Å². The Kier molecular flexibility index (Phi) is 5.74. The summed E-state index contributed by atoms with van der Waals surface area (Å²) < 4.78 is 5.71. The highest BCUT2D eigenvalue weighted by molar-refractivity contribution is 5.92. The lowest BCUT2D eigenvalue weighted by Gasteiger charge is -2.34. The van der Waals surface area contributed by atoms with Gasteiger partial charge in [-0.1, -0.05) is 0 Å². The molecule has 1 N–H and O–H groups in total. The summed E-state index contributed by atoms with van der Waals surface area (Å²) in [5, 5.41) is 3.01. The van der Waals surface area contributed by atoms with Crippen LogP contribution >= 0.6 is 0 Å². The highest BCUT2D eigenvalue weighted by atomic mass is 16.5. The zero-order valence-electron chi connectivity index (χ0n) is 14.8. The minimum atomic E-state index is 0.0435. The molecule has 2 aliphatic heterocycles. The van der Waals surface area contributed by atoms with Gasteiger partial charge in [0.15, 0.2) is 0 Å². The Morgan fingerprint density at radius 1 is 1.08 bits per heavy atom. The average molecular weight is 331 g/mol. The Balaban J connectivity index is 1.50. The lowest BCUT2D eigenvalue weighted by atomic mass is 10.1. The number of anilines is 2. The van der Waals surface area contributed by atoms with Crippen molar-refractivity contribution in [2.45, 2.75) is 45.3 Å². The number of carbonyl (C=O) groups is 1. The van der Waals surface area contributed by atoms with Gasteiger partial charge in [-0.2, -0.15) is 0 Å². The predicted molar refractivity (Wildman–Crippen MR) is 97.6 cm³/mol. The Morgan fingerprint density at radius 3 is 2.33 bits per heavy atom. The van der Waals surface area contributed by atoms with E-state index in [0.29, 0.717) is 6.54 Å². The van der Waals surface area contributed by atoms with Crippen LogP contribution in [0.5, 0.6) is 0 Å². The van der Waals surface area contributed by atoms with Gasteiger partial charge in [-0.3, -0.25) is 9.69 Å². The molecule has 24 heavy (non-hydrogen) atoms. The van der Waals surface area contributed by atoms with E-state index in [1.165, 1.54) is 24.9 Å². The first-order chi connectivity index (χ1) is 11.6. The molecule has 2 saturated heterocycles. The summed E-state index contributed by atoms with van der Waals surface area (Å²) in [7, 11) is 0. The van der Waals surface area contributed by atoms with Crippen molar-refractivity contribution in [2.75, 3.05) is 42.9 Å². The van der Waals surface area contributed by atoms with Gasteiger partial charge in [0, 0.05) is 37.6 Å². The molecule has 0 saturated carbocycles. The molecule has 0 aliphatic carbocycles. The lowest BCUT2D eigenvalue weighted by molar-refractivity contribution is -0.121. The number of nitrogens with one attached hydrogen (secondary N) is 1. The molecule has 0 radical (unpaired) electrons. The summed E-state index contributed by atoms with van der Waals surface area (Å²) in [6.45, 7) is 8.43. The quantitative estimate of drug-likeness (QED) is 0.921. The Hall–Kier alpha value is -1.59. The average Bonchev–Trinajstić information content (AvgIpc) is 2.55. The van der Waals surface area contributed by atoms with Crippen molar-refractivity contribution in [3.63, 3.8) is 0 Å². The highest BCUT2D eigenvalue weighted by Gasteiger charge is 2.23. The molecule has 0 bridgehead atoms. The van der Waals surface area contributed by atoms with E-state index in [1.54, 1.807) is 0 Å². The largest absolute Gasteiger partial charge is 0.373 e. The molecular weight excluding hydrogens is 302 g/mol. The number of nitrogens with zero attached hydrogens (tertiary/aromatic N) is 2. The molecule has 1 aromatic carbocycles. The number of benzene rings is 1. The zero-order chi connectivity index (χ0) is 16.9. The maximum absolute atomic E-state index is 12.3. The molecule has 2 atom stereocenters. The van der Waals surface area contributed by atoms with Gasteiger partial charge in [0.05, 0.1) is 18.8 Å². The zero-order valence-corrected chi connectivity index (χ0v) is 14.8. The third-order valence-corrected chi connectivity index (χ3v) is 4.73. The van der Waals surface area contributed by atoms with Crippen molar-refractivity contribution >= 4 is 17.3 Å². The molecular formula is C19H29N3O2. The molecule has 2 fully saturated rings. The van der Waals surface area contributed by atoms with Crippen LogP contribution in [0.1, 0.15) is 33.1 Å². The smallest absolute Gasteiger partial charge is 0.238 e. The van der Waals surface area contributed by atoms with Gasteiger partial charge >= 0.3 is 0 Å². The normalized spacial score (nSPS) is 25.5. The van der Waals surface area contributed by atoms with Crippen LogP contribution in [0.4, 0.5) is 11.4 Å². The minimum Gasteiger partial charge on any atom is -0.373 e. The topological polar surface area (TPSA) is 44.8 Å². The molecule has 3 rings (SSSR count). The summed E-state index contributed by atoms with van der Waals surface area (Å²) in [6.07, 6.45) is 4.25. The molecule has 5 heteroatoms. The van der Waals surface area contributed by atoms with Crippen molar-refractivity contribution in [1.82, 2.24) is 4.90 Å². The molecule has 0 aromatic heterocycles. The Labute approximate surface area is 145 Å². The van der Waals surface area contributed by atoms with Crippen LogP contribution in [0.25, 0.3) is 0 Å². The number of hydrogen-bond acceptors (Lipinski definition) is 4. The Morgan fingerprint density at radius 2 is 1.71 bits per heavy atom. The van der Waals surface area contributed by atoms with Gasteiger partial charge in [-0.15, -0.1) is 0 Å². The van der Waals surface area contributed by atoms with Crippen LogP contribution in [-0.2, 0) is 9.53 Å². The third kappa shape index (κ3) is 4.71. The number of ether oxygens (including phenoxy) is 1. The van der Waals surface area contributed by atoms with E-state index < -0.39 is 0 Å². The molecule has 2 aliphatic rings. The van der Waals surface area contributed by atoms with E-state index in [0.717, 1.165) is 31.9 Å². The van der Waals surface area contributed by atoms with Gasteiger partial charge in [0.1, 0.15) is 0 Å². The van der Waals surface area contributed by atoms with E-state index in [-0.39, 0.29) is 18.1 Å². The second kappa shape index (κ2) is 7.99. The van der Waals surface area contributed by atoms with E-state index in [9.17, 15) is 4.79 Å². The van der Waals surface area contributed by atoms with Gasteiger partial charge in [-0.05, 0) is 57.4 Å². The molecule has 5 nitrogen and oxygen atoms in total. The highest BCUT2D eigenvalue weighted by Crippen LogP contribution is 2.21. The fraction of sp³-hybridized carbons (Fsp3) is 0.632. The minimum absolute atomic E-state index is 0.0435. The standard InChI is InChI=1S/C19H29N3O2/c1-15-12-21(13-16(2)24-15)14-19(23)20-17-6-8-18(9-7-17)22-10-4-3-5-11-22/h6-9,15-16H,3-5,10-14H2,1-2H3,(H,20,23)/t15-,16+. The third-order valence-electron chi connectivity index (χ3n) is 4.73. The van der Waals surface area contributed by atoms with Gasteiger partial charge in [0.2, 0.25) is 5.91 Å². The lowest BCUT2D eigenvalue weighted by Crippen LogP contribution is -2.48. The summed E-state index contributed by atoms with van der Waals surface area (Å²) in [6, 6.07) is 8.23. The fourth-order valence-electron chi connectivity index (χ4n) is 3.72. The van der Waals surface area contributed by atoms with Crippen LogP contribution < -0.4 is 10.2 Å². The number of amides is 1. The predicted octanol–water partition coefficient (Wildman–Crippen LogP) is 2.72. The maximum Gasteiger partial charge on any atom is 0.238 e. The number of carbonyl (C=O) groups excluding carboxylic acids is 1. The molecule has 0 unspecified atom stereocenters. The second-order valence-electron chi connectivity index (χ2n) is 7.09. The second-order valence-corrected chi connectivity index (χ2v) is 7.09. The van der Waals surface area contributed by atoms with E-state index in [2.05, 4.69) is 41.1 Å². The molecule has 132 valence electrons. The summed E-state index contributed by atoms with van der Waals surface area (Å²) >= 11 is 0. The van der Waals surface area contributed by atoms with Crippen molar-refractivity contribution in [1.29, 1.82) is 0 Å². The molecule has 1 aromatic rings. The van der Waals surface area contributed by atoms with E-state index >= 15 is 0 Å². The van der Waals surface area contributed by atoms with Crippen LogP contribution in [0, 0.1) is 0 Å². The van der Waals surface area contributed by atoms with Crippen molar-refractivity contribution in [3.05, 3.63) is 24.3 Å². The SMILES string of the molecule is C[C@@H]1CN(CC(=O)Nc2ccc(N3CCCCC3)cc2)C[C@H](C)O1. The fourth-order valence-corrected chi connectivity index (χ4v) is 3.72. The number of rotatable bonds is 4. The first kappa shape index (κ1) is 17.2. The first-order valence-electron chi connectivity index (χ1n) is 9.13. The van der Waals surface area contributed by atoms with Crippen LogP contribution in [0.2, 0.25) is 0 Å². The van der Waals surface area contributed by atoms with Crippen LogP contribution in [0.15, 0.2) is 24.3 Å². The van der Waals surface area contributed by atoms with Crippen LogP contribution in [0.3, 0.4) is 0 Å². The van der Waals surface area contributed by atoms with Gasteiger partial charge < -0.3 is 15.0 Å². The molecule has 0 spiro atoms. The van der Waals surface area contributed by atoms with E-state index in [1.807, 2.05) is 12.1 Å². The van der Waals surface area contributed by atoms with Crippen molar-refractivity contribution in [2.24, 2.45) is 0 Å². The number of hydrogen-bond donors (Lipinski definition) is 1. The molecule has 1 amide bonds. The van der Waals surface area contributed by atoms with E-state index in [4.69, 9.17) is 4.74 Å². The maximum atomic E-state index is 12.3. The number of morpholine rings is 1. The summed E-state index contributed by atoms with van der Waals surface area (Å²) in [4.78, 5) is 16.9. The van der Waals surface area contributed by atoms with Crippen molar-refractivity contribution < 1.29 is 9.53 Å². The van der Waals surface area contributed by atoms with Gasteiger partial charge in [0.25, 0.3) is 0 Å². The van der Waals surface area contributed by atoms with Crippen LogP contribution in [-0.4, -0.2) is 55.7 Å². The Bertz CT molecular complexity index is 530.